The summed E-state index contributed by atoms with van der Waals surface area (Å²) in [6.07, 6.45) is 4.39. The van der Waals surface area contributed by atoms with E-state index in [0.29, 0.717) is 5.54 Å². The first-order valence-electron chi connectivity index (χ1n) is 6.11. The zero-order valence-electron chi connectivity index (χ0n) is 11.8. The van der Waals surface area contributed by atoms with E-state index < -0.39 is 20.5 Å². The van der Waals surface area contributed by atoms with Gasteiger partial charge in [0.15, 0.2) is 0 Å². The highest BCUT2D eigenvalue weighted by Gasteiger charge is 2.46. The fraction of sp³-hybridized carbons (Fsp3) is 1.00. The van der Waals surface area contributed by atoms with Gasteiger partial charge < -0.3 is 9.80 Å². The minimum Gasteiger partial charge on any atom is -0.334 e. The van der Waals surface area contributed by atoms with Crippen LogP contribution >= 0.6 is 0 Å². The third kappa shape index (κ3) is 11.4. The van der Waals surface area contributed by atoms with Crippen LogP contribution in [0.1, 0.15) is 19.3 Å². The summed E-state index contributed by atoms with van der Waals surface area (Å²) in [7, 11) is -5.23. The van der Waals surface area contributed by atoms with Crippen molar-refractivity contribution in [2.24, 2.45) is 0 Å². The van der Waals surface area contributed by atoms with Crippen LogP contribution in [0.3, 0.4) is 0 Å². The van der Waals surface area contributed by atoms with Crippen molar-refractivity contribution in [3.8, 4) is 0 Å². The molecule has 3 aliphatic rings. The number of quaternary nitrogens is 2. The molecule has 21 heavy (non-hydrogen) atoms. The van der Waals surface area contributed by atoms with Gasteiger partial charge in [0.2, 0.25) is 0 Å². The third-order valence-electron chi connectivity index (χ3n) is 3.93. The molecule has 0 aromatic rings. The van der Waals surface area contributed by atoms with Crippen LogP contribution in [0.4, 0.5) is 0 Å². The van der Waals surface area contributed by atoms with Crippen molar-refractivity contribution in [1.29, 1.82) is 0 Å². The van der Waals surface area contributed by atoms with Gasteiger partial charge in [0, 0.05) is 0 Å². The summed E-state index contributed by atoms with van der Waals surface area (Å²) in [5.41, 5.74) is 0.682. The second-order valence-corrected chi connectivity index (χ2v) is 6.80. The van der Waals surface area contributed by atoms with Crippen LogP contribution in [0, 0.1) is 20.5 Å². The van der Waals surface area contributed by atoms with E-state index >= 15 is 0 Å². The fourth-order valence-electron chi connectivity index (χ4n) is 2.75. The predicted octanol–water partition coefficient (Wildman–Crippen LogP) is -11.6. The number of fused-ring (bicyclic) bond motifs is 3. The zero-order chi connectivity index (χ0) is 16.9. The van der Waals surface area contributed by atoms with E-state index in [9.17, 15) is 0 Å². The van der Waals surface area contributed by atoms with Crippen molar-refractivity contribution in [1.82, 2.24) is 0 Å². The molecule has 3 fully saturated rings. The van der Waals surface area contributed by atoms with Gasteiger partial charge in [-0.05, 0) is 0 Å². The molecule has 0 unspecified atom stereocenters. The normalized spacial score (nSPS) is 28.4. The molecule has 128 valence electrons. The molecule has 3 heterocycles. The Balaban J connectivity index is 0.000000340. The molecule has 0 atom stereocenters. The molecule has 3 saturated heterocycles. The summed E-state index contributed by atoms with van der Waals surface area (Å²) < 4.78 is 67.9. The molecule has 3 aliphatic heterocycles. The van der Waals surface area contributed by atoms with Gasteiger partial charge in [-0.2, -0.15) is 0 Å². The van der Waals surface area contributed by atoms with Crippen molar-refractivity contribution in [2.45, 2.75) is 24.8 Å². The Morgan fingerprint density at radius 2 is 0.952 bits per heavy atom. The van der Waals surface area contributed by atoms with E-state index in [1.165, 1.54) is 38.9 Å². The Bertz CT molecular complexity index is 261. The molecule has 2 N–H and O–H groups in total. The first-order valence-corrected chi connectivity index (χ1v) is 8.57. The molecular weight excluding hydrogens is 335 g/mol. The fourth-order valence-corrected chi connectivity index (χ4v) is 2.75. The van der Waals surface area contributed by atoms with Crippen LogP contribution in [-0.2, 0) is 0 Å². The Hall–Kier alpha value is 0.180. The number of nitrogens with one attached hydrogen (secondary N) is 2. The molecule has 0 amide bonds. The highest BCUT2D eigenvalue weighted by Crippen LogP contribution is 2.19. The average Bonchev–Trinajstić information content (AvgIpc) is 2.27. The van der Waals surface area contributed by atoms with E-state index in [1.54, 1.807) is 4.90 Å². The van der Waals surface area contributed by atoms with E-state index in [1.807, 2.05) is 4.90 Å². The Morgan fingerprint density at radius 3 is 1.10 bits per heavy atom. The number of halogens is 2. The maximum absolute atomic E-state index is 8.49. The second kappa shape index (κ2) is 8.15. The van der Waals surface area contributed by atoms with Crippen molar-refractivity contribution in [2.75, 3.05) is 33.7 Å². The molecule has 0 aromatic heterocycles. The van der Waals surface area contributed by atoms with Gasteiger partial charge >= 0.3 is 0 Å². The first kappa shape index (κ1) is 21.2. The summed E-state index contributed by atoms with van der Waals surface area (Å²) in [5, 5.41) is 0. The van der Waals surface area contributed by atoms with Crippen LogP contribution in [0.5, 0.6) is 0 Å². The third-order valence-corrected chi connectivity index (χ3v) is 3.93. The Kier molecular flexibility index (Phi) is 8.22. The molecule has 12 heteroatoms. The molecule has 0 radical (unpaired) electrons. The molecular formula is C9H20Cl2N2O8. The van der Waals surface area contributed by atoms with Crippen molar-refractivity contribution in [3.05, 3.63) is 0 Å². The average molecular weight is 355 g/mol. The van der Waals surface area contributed by atoms with E-state index in [0.717, 1.165) is 0 Å². The molecule has 0 aromatic carbocycles. The molecule has 0 saturated carbocycles. The standard InChI is InChI=1S/C9H18N2.2ClHO4/c1-10(2)9-3-6-11(7-4-9)8-5-9;2*2-1(3,4)5/h3-8H2,1-2H3;2*(H,2,3,4,5). The summed E-state index contributed by atoms with van der Waals surface area (Å²) >= 11 is 0. The number of rotatable bonds is 1. The summed E-state index contributed by atoms with van der Waals surface area (Å²) in [4.78, 5) is 3.55. The SMILES string of the molecule is C[NH+](C)C12CC[NH+](CC1)CC2.[O-][Cl+3]([O-])([O-])[O-].[O-][Cl+3]([O-])([O-])[O-]. The number of hydrogen-bond acceptors (Lipinski definition) is 8. The van der Waals surface area contributed by atoms with Crippen LogP contribution in [-0.4, -0.2) is 39.3 Å². The zero-order valence-corrected chi connectivity index (χ0v) is 13.3. The Labute approximate surface area is 126 Å². The Morgan fingerprint density at radius 1 is 0.714 bits per heavy atom. The molecule has 0 aliphatic carbocycles. The lowest BCUT2D eigenvalue weighted by Crippen LogP contribution is -3.25. The minimum atomic E-state index is -4.94. The molecule has 2 bridgehead atoms. The predicted molar refractivity (Wildman–Crippen MR) is 45.0 cm³/mol. The van der Waals surface area contributed by atoms with Gasteiger partial charge in [-0.3, -0.25) is 0 Å². The van der Waals surface area contributed by atoms with Crippen LogP contribution < -0.4 is 47.1 Å². The molecule has 0 spiro atoms. The lowest BCUT2D eigenvalue weighted by Gasteiger charge is -2.46. The first-order chi connectivity index (χ1) is 9.23. The maximum atomic E-state index is 8.49. The summed E-state index contributed by atoms with van der Waals surface area (Å²) in [6, 6.07) is 0. The van der Waals surface area contributed by atoms with Gasteiger partial charge in [-0.1, -0.05) is 0 Å². The van der Waals surface area contributed by atoms with Crippen molar-refractivity contribution >= 4 is 0 Å². The minimum absolute atomic E-state index is 0.682. The quantitative estimate of drug-likeness (QED) is 0.462. The number of hydrogen-bond donors (Lipinski definition) is 2. The highest BCUT2D eigenvalue weighted by molar-refractivity contribution is 4.83. The second-order valence-electron chi connectivity index (χ2n) is 5.29. The topological polar surface area (TPSA) is 193 Å². The van der Waals surface area contributed by atoms with Gasteiger partial charge in [-0.25, -0.2) is 37.3 Å². The lowest BCUT2D eigenvalue weighted by molar-refractivity contribution is -2.00. The van der Waals surface area contributed by atoms with Gasteiger partial charge in [0.1, 0.15) is 5.54 Å². The van der Waals surface area contributed by atoms with Gasteiger partial charge in [0.25, 0.3) is 0 Å². The van der Waals surface area contributed by atoms with Crippen molar-refractivity contribution in [3.63, 3.8) is 0 Å². The maximum Gasteiger partial charge on any atom is 0.113 e. The smallest absolute Gasteiger partial charge is 0.113 e. The lowest BCUT2D eigenvalue weighted by atomic mass is 9.79. The summed E-state index contributed by atoms with van der Waals surface area (Å²) in [5.74, 6) is 0. The van der Waals surface area contributed by atoms with Crippen LogP contribution in [0.15, 0.2) is 0 Å². The number of piperidine rings is 3. The van der Waals surface area contributed by atoms with Gasteiger partial charge in [0.05, 0.1) is 53.0 Å². The van der Waals surface area contributed by atoms with E-state index in [-0.39, 0.29) is 0 Å². The monoisotopic (exact) mass is 354 g/mol. The largest absolute Gasteiger partial charge is 0.334 e. The van der Waals surface area contributed by atoms with E-state index in [2.05, 4.69) is 14.1 Å². The van der Waals surface area contributed by atoms with Gasteiger partial charge in [-0.15, -0.1) is 20.5 Å². The van der Waals surface area contributed by atoms with Crippen LogP contribution in [0.2, 0.25) is 0 Å². The van der Waals surface area contributed by atoms with Crippen molar-refractivity contribution < 1.29 is 67.6 Å². The molecule has 10 nitrogen and oxygen atoms in total. The highest BCUT2D eigenvalue weighted by atomic mass is 35.7. The van der Waals surface area contributed by atoms with Crippen LogP contribution in [0.25, 0.3) is 0 Å². The molecule has 3 rings (SSSR count). The summed E-state index contributed by atoms with van der Waals surface area (Å²) in [6.45, 7) is 4.31. The van der Waals surface area contributed by atoms with E-state index in [4.69, 9.17) is 37.3 Å².